The van der Waals surface area contributed by atoms with Gasteiger partial charge in [0, 0.05) is 5.69 Å². The van der Waals surface area contributed by atoms with Crippen molar-refractivity contribution in [3.63, 3.8) is 0 Å². The van der Waals surface area contributed by atoms with Gasteiger partial charge in [-0.1, -0.05) is 44.2 Å². The molecular formula is C28H31N3O5. The van der Waals surface area contributed by atoms with E-state index in [-0.39, 0.29) is 5.92 Å². The number of carbonyl (C=O) groups is 2. The van der Waals surface area contributed by atoms with Gasteiger partial charge in [-0.2, -0.15) is 5.10 Å². The second kappa shape index (κ2) is 12.9. The van der Waals surface area contributed by atoms with Gasteiger partial charge in [-0.05, 0) is 59.5 Å². The van der Waals surface area contributed by atoms with E-state index in [2.05, 4.69) is 15.8 Å². The summed E-state index contributed by atoms with van der Waals surface area (Å²) in [5, 5.41) is 6.81. The highest BCUT2D eigenvalue weighted by Crippen LogP contribution is 2.28. The second-order valence-electron chi connectivity index (χ2n) is 8.36. The van der Waals surface area contributed by atoms with E-state index < -0.39 is 17.7 Å². The predicted octanol–water partition coefficient (Wildman–Crippen LogP) is 4.64. The zero-order valence-electron chi connectivity index (χ0n) is 20.9. The van der Waals surface area contributed by atoms with Gasteiger partial charge in [-0.15, -0.1) is 0 Å². The first-order valence-corrected chi connectivity index (χ1v) is 11.5. The van der Waals surface area contributed by atoms with E-state index in [4.69, 9.17) is 14.2 Å². The third-order valence-electron chi connectivity index (χ3n) is 5.40. The molecule has 1 atom stereocenters. The lowest BCUT2D eigenvalue weighted by Crippen LogP contribution is -2.39. The number of hydrogen-bond acceptors (Lipinski definition) is 6. The van der Waals surface area contributed by atoms with Gasteiger partial charge in [0.15, 0.2) is 11.5 Å². The largest absolute Gasteiger partial charge is 0.497 e. The van der Waals surface area contributed by atoms with E-state index in [1.165, 1.54) is 6.21 Å². The van der Waals surface area contributed by atoms with Crippen molar-refractivity contribution < 1.29 is 23.8 Å². The molecule has 36 heavy (non-hydrogen) atoms. The first-order valence-electron chi connectivity index (χ1n) is 11.5. The van der Waals surface area contributed by atoms with Crippen LogP contribution in [0.5, 0.6) is 17.2 Å². The SMILES string of the molecule is COc1ccc(NC(=O)C(C(=O)NN=Cc2ccc(OCc3ccccc3)c(OC)c2)C(C)C)cc1. The van der Waals surface area contributed by atoms with Gasteiger partial charge in [0.25, 0.3) is 5.91 Å². The minimum absolute atomic E-state index is 0.236. The summed E-state index contributed by atoms with van der Waals surface area (Å²) in [5.41, 5.74) is 4.79. The summed E-state index contributed by atoms with van der Waals surface area (Å²) in [4.78, 5) is 25.5. The number of hydrazone groups is 1. The van der Waals surface area contributed by atoms with Crippen molar-refractivity contribution in [2.24, 2.45) is 16.9 Å². The van der Waals surface area contributed by atoms with Crippen LogP contribution in [-0.2, 0) is 16.2 Å². The first-order chi connectivity index (χ1) is 17.4. The topological polar surface area (TPSA) is 98.2 Å². The molecule has 0 radical (unpaired) electrons. The minimum Gasteiger partial charge on any atom is -0.497 e. The Balaban J connectivity index is 1.60. The van der Waals surface area contributed by atoms with Crippen molar-refractivity contribution in [3.8, 4) is 17.2 Å². The van der Waals surface area contributed by atoms with Crippen LogP contribution in [0.1, 0.15) is 25.0 Å². The molecule has 0 spiro atoms. The summed E-state index contributed by atoms with van der Waals surface area (Å²) in [6.07, 6.45) is 1.49. The average molecular weight is 490 g/mol. The third kappa shape index (κ3) is 7.33. The standard InChI is InChI=1S/C28H31N3O5/c1-19(2)26(27(32)30-22-11-13-23(34-3)14-12-22)28(33)31-29-17-21-10-15-24(25(16-21)35-4)36-18-20-8-6-5-7-9-20/h5-17,19,26H,18H2,1-4H3,(H,30,32)(H,31,33). The highest BCUT2D eigenvalue weighted by Gasteiger charge is 2.30. The molecular weight excluding hydrogens is 458 g/mol. The van der Waals surface area contributed by atoms with Gasteiger partial charge in [-0.25, -0.2) is 5.43 Å². The number of nitrogens with zero attached hydrogens (tertiary/aromatic N) is 1. The number of amides is 2. The second-order valence-corrected chi connectivity index (χ2v) is 8.36. The molecule has 0 saturated carbocycles. The molecule has 8 heteroatoms. The maximum atomic E-state index is 12.8. The number of carbonyl (C=O) groups excluding carboxylic acids is 2. The summed E-state index contributed by atoms with van der Waals surface area (Å²) in [7, 11) is 3.12. The minimum atomic E-state index is -0.924. The van der Waals surface area contributed by atoms with Crippen LogP contribution in [0.3, 0.4) is 0 Å². The normalized spacial score (nSPS) is 11.7. The maximum Gasteiger partial charge on any atom is 0.252 e. The zero-order valence-corrected chi connectivity index (χ0v) is 20.9. The summed E-state index contributed by atoms with van der Waals surface area (Å²) in [6.45, 7) is 4.02. The molecule has 0 aliphatic rings. The smallest absolute Gasteiger partial charge is 0.252 e. The van der Waals surface area contributed by atoms with Crippen molar-refractivity contribution in [1.82, 2.24) is 5.43 Å². The zero-order chi connectivity index (χ0) is 25.9. The Bertz CT molecular complexity index is 1180. The molecule has 2 amide bonds. The molecule has 0 bridgehead atoms. The predicted molar refractivity (Wildman–Crippen MR) is 139 cm³/mol. The van der Waals surface area contributed by atoms with E-state index in [0.29, 0.717) is 35.1 Å². The van der Waals surface area contributed by atoms with Crippen LogP contribution in [0.4, 0.5) is 5.69 Å². The lowest BCUT2D eigenvalue weighted by molar-refractivity contribution is -0.134. The molecule has 0 heterocycles. The number of ether oxygens (including phenoxy) is 3. The van der Waals surface area contributed by atoms with E-state index in [0.717, 1.165) is 5.56 Å². The highest BCUT2D eigenvalue weighted by atomic mass is 16.5. The molecule has 1 unspecified atom stereocenters. The fraction of sp³-hybridized carbons (Fsp3) is 0.250. The summed E-state index contributed by atoms with van der Waals surface area (Å²) >= 11 is 0. The van der Waals surface area contributed by atoms with Gasteiger partial charge in [0.05, 0.1) is 20.4 Å². The molecule has 8 nitrogen and oxygen atoms in total. The van der Waals surface area contributed by atoms with Crippen molar-refractivity contribution in [2.75, 3.05) is 19.5 Å². The number of anilines is 1. The van der Waals surface area contributed by atoms with E-state index >= 15 is 0 Å². The van der Waals surface area contributed by atoms with E-state index in [1.54, 1.807) is 70.5 Å². The van der Waals surface area contributed by atoms with Crippen LogP contribution < -0.4 is 25.0 Å². The van der Waals surface area contributed by atoms with Crippen molar-refractivity contribution in [3.05, 3.63) is 83.9 Å². The number of rotatable bonds is 11. The molecule has 188 valence electrons. The fourth-order valence-electron chi connectivity index (χ4n) is 3.48. The number of nitrogens with one attached hydrogen (secondary N) is 2. The molecule has 3 aromatic carbocycles. The van der Waals surface area contributed by atoms with E-state index in [9.17, 15) is 9.59 Å². The molecule has 2 N–H and O–H groups in total. The van der Waals surface area contributed by atoms with Gasteiger partial charge in [0.1, 0.15) is 18.3 Å². The Kier molecular flexibility index (Phi) is 9.45. The molecule has 0 saturated heterocycles. The Morgan fingerprint density at radius 2 is 1.61 bits per heavy atom. The Morgan fingerprint density at radius 3 is 2.25 bits per heavy atom. The summed E-state index contributed by atoms with van der Waals surface area (Å²) in [6, 6.07) is 22.1. The van der Waals surface area contributed by atoms with Gasteiger partial charge >= 0.3 is 0 Å². The molecule has 3 rings (SSSR count). The quantitative estimate of drug-likeness (QED) is 0.232. The fourth-order valence-corrected chi connectivity index (χ4v) is 3.48. The average Bonchev–Trinajstić information content (AvgIpc) is 2.88. The van der Waals surface area contributed by atoms with Crippen LogP contribution in [-0.4, -0.2) is 32.2 Å². The van der Waals surface area contributed by atoms with Gasteiger partial charge < -0.3 is 19.5 Å². The monoisotopic (exact) mass is 489 g/mol. The Morgan fingerprint density at radius 1 is 0.889 bits per heavy atom. The van der Waals surface area contributed by atoms with Crippen molar-refractivity contribution >= 4 is 23.7 Å². The van der Waals surface area contributed by atoms with Gasteiger partial charge in [0.2, 0.25) is 5.91 Å². The Labute approximate surface area is 211 Å². The lowest BCUT2D eigenvalue weighted by atomic mass is 9.94. The van der Waals surface area contributed by atoms with Crippen LogP contribution in [0, 0.1) is 11.8 Å². The molecule has 0 aliphatic heterocycles. The van der Waals surface area contributed by atoms with Gasteiger partial charge in [-0.3, -0.25) is 9.59 Å². The van der Waals surface area contributed by atoms with Crippen LogP contribution in [0.2, 0.25) is 0 Å². The summed E-state index contributed by atoms with van der Waals surface area (Å²) < 4.78 is 16.4. The molecule has 0 fully saturated rings. The lowest BCUT2D eigenvalue weighted by Gasteiger charge is -2.18. The van der Waals surface area contributed by atoms with E-state index in [1.807, 2.05) is 30.3 Å². The van der Waals surface area contributed by atoms with Crippen LogP contribution in [0.15, 0.2) is 77.9 Å². The molecule has 0 aliphatic carbocycles. The summed E-state index contributed by atoms with van der Waals surface area (Å²) in [5.74, 6) is -0.260. The van der Waals surface area contributed by atoms with Crippen LogP contribution in [0.25, 0.3) is 0 Å². The third-order valence-corrected chi connectivity index (χ3v) is 5.40. The highest BCUT2D eigenvalue weighted by molar-refractivity contribution is 6.06. The number of methoxy groups -OCH3 is 2. The van der Waals surface area contributed by atoms with Crippen LogP contribution >= 0.6 is 0 Å². The maximum absolute atomic E-state index is 12.8. The van der Waals surface area contributed by atoms with Crippen molar-refractivity contribution in [2.45, 2.75) is 20.5 Å². The van der Waals surface area contributed by atoms with Crippen molar-refractivity contribution in [1.29, 1.82) is 0 Å². The molecule has 3 aromatic rings. The Hall–Kier alpha value is -4.33. The number of benzene rings is 3. The molecule has 0 aromatic heterocycles. The number of hydrogen-bond donors (Lipinski definition) is 2. The first kappa shape index (κ1) is 26.3.